The molecule has 15 heteroatoms. The average molecular weight is 913 g/mol. The van der Waals surface area contributed by atoms with Crippen molar-refractivity contribution in [2.24, 2.45) is 16.7 Å². The third-order valence-electron chi connectivity index (χ3n) is 14.1. The van der Waals surface area contributed by atoms with Gasteiger partial charge in [-0.15, -0.1) is 11.8 Å². The third-order valence-corrected chi connectivity index (χ3v) is 14.5. The molecular weight excluding hydrogens is 857 g/mol. The molecule has 3 fully saturated rings. The van der Waals surface area contributed by atoms with Crippen molar-refractivity contribution in [1.82, 2.24) is 0 Å². The molecule has 2 bridgehead atoms. The molecule has 3 unspecified atom stereocenters. The number of thioether (sulfide) groups is 1. The van der Waals surface area contributed by atoms with E-state index in [0.29, 0.717) is 11.1 Å². The first-order chi connectivity index (χ1) is 30.8. The molecule has 7 rings (SSSR count). The van der Waals surface area contributed by atoms with Crippen LogP contribution in [-0.2, 0) is 47.6 Å². The maximum atomic E-state index is 15.9. The summed E-state index contributed by atoms with van der Waals surface area (Å²) < 4.78 is 37.5. The van der Waals surface area contributed by atoms with Crippen molar-refractivity contribution in [2.75, 3.05) is 18.8 Å². The zero-order chi connectivity index (χ0) is 47.1. The predicted molar refractivity (Wildman–Crippen MR) is 236 cm³/mol. The normalized spacial score (nSPS) is 31.0. The summed E-state index contributed by atoms with van der Waals surface area (Å²) in [5.41, 5.74) is -6.17. The van der Waals surface area contributed by atoms with Crippen molar-refractivity contribution >= 4 is 47.2 Å². The van der Waals surface area contributed by atoms with Crippen LogP contribution in [0.2, 0.25) is 0 Å². The Morgan fingerprint density at radius 1 is 0.846 bits per heavy atom. The Hall–Kier alpha value is -5.19. The first-order valence-corrected chi connectivity index (χ1v) is 23.1. The highest BCUT2D eigenvalue weighted by molar-refractivity contribution is 7.98. The number of Topliss-reactive ketones (excluding diaryl/α,β-unsaturated/α-hetero) is 2. The zero-order valence-corrected chi connectivity index (χ0v) is 38.3. The molecule has 3 aromatic rings. The zero-order valence-electron chi connectivity index (χ0n) is 37.5. The second kappa shape index (κ2) is 18.6. The van der Waals surface area contributed by atoms with E-state index < -0.39 is 107 Å². The van der Waals surface area contributed by atoms with Gasteiger partial charge in [0.25, 0.3) is 0 Å². The molecule has 3 aliphatic carbocycles. The molecular formula is C50H56O14S. The van der Waals surface area contributed by atoms with Gasteiger partial charge in [0, 0.05) is 50.0 Å². The Bertz CT molecular complexity index is 2330. The maximum Gasteiger partial charge on any atom is 0.338 e. The minimum Gasteiger partial charge on any atom is -0.456 e. The molecule has 2 saturated carbocycles. The van der Waals surface area contributed by atoms with Gasteiger partial charge in [-0.3, -0.25) is 19.2 Å². The number of ether oxygens (including phenoxy) is 6. The molecule has 65 heavy (non-hydrogen) atoms. The highest BCUT2D eigenvalue weighted by atomic mass is 32.2. The lowest BCUT2D eigenvalue weighted by atomic mass is 9.44. The lowest BCUT2D eigenvalue weighted by molar-refractivity contribution is -0.347. The molecule has 1 saturated heterocycles. The summed E-state index contributed by atoms with van der Waals surface area (Å²) in [7, 11) is 0. The first-order valence-electron chi connectivity index (χ1n) is 21.7. The molecule has 14 nitrogen and oxygen atoms in total. The summed E-state index contributed by atoms with van der Waals surface area (Å²) in [6, 6.07) is 25.1. The quantitative estimate of drug-likeness (QED) is 0.0631. The highest BCUT2D eigenvalue weighted by Gasteiger charge is 2.78. The second-order valence-corrected chi connectivity index (χ2v) is 19.0. The van der Waals surface area contributed by atoms with E-state index in [1.165, 1.54) is 30.8 Å². The van der Waals surface area contributed by atoms with Gasteiger partial charge in [0.2, 0.25) is 0 Å². The van der Waals surface area contributed by atoms with Crippen LogP contribution in [0.25, 0.3) is 0 Å². The SMILES string of the molecule is CSCO[C@H]1C[C@H]2OC[C@@]2(OC(C)=O)C2[C@H](OC(=O)c3ccccc3)C3(O)C[C@H](OC(=O)[C@H](O)[C@@H](CC(=O)c4ccccc4)c4ccccc4)C(C)=C([C@@H](OC(C)=O)C(=O)C21C)C3(C)C. The van der Waals surface area contributed by atoms with Gasteiger partial charge in [-0.05, 0) is 48.9 Å². The van der Waals surface area contributed by atoms with Crippen molar-refractivity contribution in [3.63, 3.8) is 0 Å². The lowest BCUT2D eigenvalue weighted by Gasteiger charge is -2.67. The van der Waals surface area contributed by atoms with E-state index in [1.807, 2.05) is 6.26 Å². The standard InChI is InChI=1S/C50H56O14S/c1-28-36(62-46(57)40(54)34(31-17-11-8-12-18-31)23-35(53)32-19-13-9-14-20-32)25-50(58)44(63-45(56)33-21-15-10-16-22-33)42-48(6,43(55)41(61-29(2)51)39(28)47(50,4)5)37(60-27-65-7)24-38-49(42,26-59-38)64-30(3)52/h8-22,34,36-38,40-42,44,54,58H,23-27H2,1-7H3/t34-,36-,37-,38+,40+,41+,42?,44-,48?,49-,50?/m0/s1. The van der Waals surface area contributed by atoms with Crippen LogP contribution in [0.15, 0.2) is 102 Å². The summed E-state index contributed by atoms with van der Waals surface area (Å²) >= 11 is 1.34. The molecule has 0 amide bonds. The van der Waals surface area contributed by atoms with Gasteiger partial charge in [0.1, 0.15) is 23.9 Å². The monoisotopic (exact) mass is 912 g/mol. The minimum absolute atomic E-state index is 0.0477. The maximum absolute atomic E-state index is 15.9. The molecule has 0 aromatic heterocycles. The number of aliphatic hydroxyl groups is 2. The van der Waals surface area contributed by atoms with Gasteiger partial charge in [-0.2, -0.15) is 0 Å². The Morgan fingerprint density at radius 2 is 1.45 bits per heavy atom. The number of carbonyl (C=O) groups excluding carboxylic acids is 6. The van der Waals surface area contributed by atoms with Crippen LogP contribution in [0.4, 0.5) is 0 Å². The Balaban J connectivity index is 1.41. The average Bonchev–Trinajstić information content (AvgIpc) is 3.27. The number of rotatable bonds is 14. The number of carbonyl (C=O) groups is 6. The van der Waals surface area contributed by atoms with E-state index in [1.54, 1.807) is 107 Å². The fourth-order valence-corrected chi connectivity index (χ4v) is 11.1. The van der Waals surface area contributed by atoms with Crippen LogP contribution in [0.3, 0.4) is 0 Å². The van der Waals surface area contributed by atoms with E-state index in [4.69, 9.17) is 28.4 Å². The van der Waals surface area contributed by atoms with Gasteiger partial charge in [-0.25, -0.2) is 9.59 Å². The van der Waals surface area contributed by atoms with Crippen LogP contribution < -0.4 is 0 Å². The fraction of sp³-hybridized carbons (Fsp3) is 0.480. The fourth-order valence-electron chi connectivity index (χ4n) is 10.8. The Morgan fingerprint density at radius 3 is 2.00 bits per heavy atom. The van der Waals surface area contributed by atoms with Gasteiger partial charge in [0.05, 0.1) is 35.5 Å². The van der Waals surface area contributed by atoms with E-state index in [0.717, 1.165) is 6.92 Å². The number of benzene rings is 3. The Labute approximate surface area is 382 Å². The molecule has 4 aliphatic rings. The number of hydrogen-bond acceptors (Lipinski definition) is 15. The summed E-state index contributed by atoms with van der Waals surface area (Å²) in [4.78, 5) is 84.8. The van der Waals surface area contributed by atoms with Crippen LogP contribution in [-0.4, -0.2) is 112 Å². The van der Waals surface area contributed by atoms with Crippen molar-refractivity contribution in [3.8, 4) is 0 Å². The largest absolute Gasteiger partial charge is 0.456 e. The van der Waals surface area contributed by atoms with Crippen LogP contribution in [0.1, 0.15) is 93.0 Å². The summed E-state index contributed by atoms with van der Waals surface area (Å²) in [5.74, 6) is -7.00. The molecule has 0 spiro atoms. The van der Waals surface area contributed by atoms with E-state index in [-0.39, 0.29) is 47.9 Å². The number of hydrogen-bond donors (Lipinski definition) is 2. The molecule has 11 atom stereocenters. The third kappa shape index (κ3) is 8.46. The second-order valence-electron chi connectivity index (χ2n) is 18.2. The summed E-state index contributed by atoms with van der Waals surface area (Å²) in [6.07, 6.45) is -7.62. The molecule has 346 valence electrons. The number of aliphatic hydroxyl groups excluding tert-OH is 1. The van der Waals surface area contributed by atoms with E-state index in [2.05, 4.69) is 0 Å². The smallest absolute Gasteiger partial charge is 0.338 e. The van der Waals surface area contributed by atoms with Crippen molar-refractivity contribution in [3.05, 3.63) is 119 Å². The van der Waals surface area contributed by atoms with Crippen LogP contribution >= 0.6 is 11.8 Å². The molecule has 3 aromatic carbocycles. The lowest BCUT2D eigenvalue weighted by Crippen LogP contribution is -2.82. The van der Waals surface area contributed by atoms with Gasteiger partial charge >= 0.3 is 23.9 Å². The Kier molecular flexibility index (Phi) is 13.7. The van der Waals surface area contributed by atoms with E-state index >= 15 is 4.79 Å². The van der Waals surface area contributed by atoms with Gasteiger partial charge in [-0.1, -0.05) is 92.7 Å². The highest BCUT2D eigenvalue weighted by Crippen LogP contribution is 2.65. The van der Waals surface area contributed by atoms with Crippen molar-refractivity contribution in [1.29, 1.82) is 0 Å². The first kappa shape index (κ1) is 47.8. The predicted octanol–water partition coefficient (Wildman–Crippen LogP) is 5.97. The van der Waals surface area contributed by atoms with Crippen molar-refractivity contribution in [2.45, 2.75) is 115 Å². The molecule has 2 N–H and O–H groups in total. The van der Waals surface area contributed by atoms with Crippen LogP contribution in [0, 0.1) is 16.7 Å². The van der Waals surface area contributed by atoms with Crippen LogP contribution in [0.5, 0.6) is 0 Å². The molecule has 1 aliphatic heterocycles. The van der Waals surface area contributed by atoms with Gasteiger partial charge < -0.3 is 38.6 Å². The van der Waals surface area contributed by atoms with E-state index in [9.17, 15) is 34.2 Å². The summed E-state index contributed by atoms with van der Waals surface area (Å²) in [6.45, 7) is 8.51. The molecule has 0 radical (unpaired) electrons. The van der Waals surface area contributed by atoms with Crippen molar-refractivity contribution < 1.29 is 67.4 Å². The number of fused-ring (bicyclic) bond motifs is 5. The molecule has 1 heterocycles. The van der Waals surface area contributed by atoms with Gasteiger partial charge in [0.15, 0.2) is 29.4 Å². The number of ketones is 2. The summed E-state index contributed by atoms with van der Waals surface area (Å²) in [5, 5.41) is 25.8. The minimum atomic E-state index is -2.33. The number of esters is 4. The topological polar surface area (TPSA) is 198 Å².